The van der Waals surface area contributed by atoms with Crippen LogP contribution in [0.3, 0.4) is 0 Å². The molecule has 4 nitrogen and oxygen atoms in total. The summed E-state index contributed by atoms with van der Waals surface area (Å²) in [6.45, 7) is 3.51. The largest absolute Gasteiger partial charge is 0.469 e. The first-order valence-corrected chi connectivity index (χ1v) is 5.14. The first-order valence-electron chi connectivity index (χ1n) is 5.14. The van der Waals surface area contributed by atoms with Gasteiger partial charge in [-0.1, -0.05) is 13.8 Å². The number of hydrogen-bond donors (Lipinski definition) is 0. The van der Waals surface area contributed by atoms with Crippen LogP contribution in [0.5, 0.6) is 0 Å². The molecule has 0 aliphatic rings. The Balaban J connectivity index is 3.95. The molecule has 0 aliphatic heterocycles. The summed E-state index contributed by atoms with van der Waals surface area (Å²) < 4.78 is 9.13. The first-order chi connectivity index (χ1) is 7.52. The predicted octanol–water partition coefficient (Wildman–Crippen LogP) is 1.39. The van der Waals surface area contributed by atoms with E-state index >= 15 is 0 Å². The quantitative estimate of drug-likeness (QED) is 0.537. The second-order valence-electron chi connectivity index (χ2n) is 3.61. The highest BCUT2D eigenvalue weighted by Gasteiger charge is 2.12. The van der Waals surface area contributed by atoms with Crippen LogP contribution in [0.25, 0.3) is 0 Å². The molecule has 0 N–H and O–H groups in total. The highest BCUT2D eigenvalue weighted by atomic mass is 16.5. The third-order valence-corrected chi connectivity index (χ3v) is 2.15. The Kier molecular flexibility index (Phi) is 7.02. The van der Waals surface area contributed by atoms with Crippen molar-refractivity contribution in [3.8, 4) is 11.8 Å². The van der Waals surface area contributed by atoms with Gasteiger partial charge in [0.15, 0.2) is 0 Å². The maximum atomic E-state index is 11.0. The zero-order valence-corrected chi connectivity index (χ0v) is 10.2. The van der Waals surface area contributed by atoms with Crippen molar-refractivity contribution < 1.29 is 19.1 Å². The summed E-state index contributed by atoms with van der Waals surface area (Å²) in [5, 5.41) is 0. The van der Waals surface area contributed by atoms with Gasteiger partial charge in [-0.2, -0.15) is 0 Å². The standard InChI is InChI=1S/C12H18O4/c1-9(11(13)15-3)7-5-6-8-10(2)12(14)16-4/h9-10H,7-8H2,1-4H3/t9-,10-/m0/s1. The minimum atomic E-state index is -0.268. The van der Waals surface area contributed by atoms with E-state index in [4.69, 9.17) is 0 Å². The number of ether oxygens (including phenoxy) is 2. The zero-order chi connectivity index (χ0) is 12.6. The molecule has 2 atom stereocenters. The predicted molar refractivity (Wildman–Crippen MR) is 59.4 cm³/mol. The van der Waals surface area contributed by atoms with Crippen molar-refractivity contribution in [1.29, 1.82) is 0 Å². The molecular weight excluding hydrogens is 208 g/mol. The minimum absolute atomic E-state index is 0.231. The van der Waals surface area contributed by atoms with Gasteiger partial charge in [-0.25, -0.2) is 0 Å². The molecule has 90 valence electrons. The maximum absolute atomic E-state index is 11.0. The molecule has 0 bridgehead atoms. The van der Waals surface area contributed by atoms with Gasteiger partial charge in [0.2, 0.25) is 0 Å². The van der Waals surface area contributed by atoms with Crippen molar-refractivity contribution >= 4 is 11.9 Å². The van der Waals surface area contributed by atoms with Crippen molar-refractivity contribution in [3.05, 3.63) is 0 Å². The summed E-state index contributed by atoms with van der Waals surface area (Å²) in [4.78, 5) is 22.1. The van der Waals surface area contributed by atoms with Gasteiger partial charge in [0.1, 0.15) is 0 Å². The second kappa shape index (κ2) is 7.75. The van der Waals surface area contributed by atoms with E-state index in [9.17, 15) is 9.59 Å². The van der Waals surface area contributed by atoms with Crippen LogP contribution in [-0.4, -0.2) is 26.2 Å². The first kappa shape index (κ1) is 14.5. The van der Waals surface area contributed by atoms with E-state index in [1.54, 1.807) is 13.8 Å². The average molecular weight is 226 g/mol. The fraction of sp³-hybridized carbons (Fsp3) is 0.667. The van der Waals surface area contributed by atoms with Crippen molar-refractivity contribution in [1.82, 2.24) is 0 Å². The van der Waals surface area contributed by atoms with Gasteiger partial charge in [0.25, 0.3) is 0 Å². The number of esters is 2. The van der Waals surface area contributed by atoms with E-state index in [2.05, 4.69) is 21.3 Å². The topological polar surface area (TPSA) is 52.6 Å². The third-order valence-electron chi connectivity index (χ3n) is 2.15. The van der Waals surface area contributed by atoms with E-state index in [1.165, 1.54) is 14.2 Å². The lowest BCUT2D eigenvalue weighted by Crippen LogP contribution is -2.12. The SMILES string of the molecule is COC(=O)[C@@H](C)CC#CC[C@H](C)C(=O)OC. The number of hydrogen-bond acceptors (Lipinski definition) is 4. The monoisotopic (exact) mass is 226 g/mol. The normalized spacial score (nSPS) is 13.0. The van der Waals surface area contributed by atoms with Crippen LogP contribution in [0.1, 0.15) is 26.7 Å². The molecule has 0 radical (unpaired) electrons. The zero-order valence-electron chi connectivity index (χ0n) is 10.2. The molecule has 0 saturated carbocycles. The van der Waals surface area contributed by atoms with Crippen molar-refractivity contribution in [2.75, 3.05) is 14.2 Å². The fourth-order valence-electron chi connectivity index (χ4n) is 1.02. The van der Waals surface area contributed by atoms with E-state index in [1.807, 2.05) is 0 Å². The number of rotatable bonds is 4. The second-order valence-corrected chi connectivity index (χ2v) is 3.61. The Morgan fingerprint density at radius 1 is 0.938 bits per heavy atom. The molecular formula is C12H18O4. The van der Waals surface area contributed by atoms with Gasteiger partial charge in [0, 0.05) is 12.8 Å². The Bertz CT molecular complexity index is 270. The van der Waals surface area contributed by atoms with Crippen LogP contribution in [0, 0.1) is 23.7 Å². The summed E-state index contributed by atoms with van der Waals surface area (Å²) in [5.41, 5.74) is 0. The lowest BCUT2D eigenvalue weighted by molar-refractivity contribution is -0.145. The molecule has 0 spiro atoms. The smallest absolute Gasteiger partial charge is 0.309 e. The Labute approximate surface area is 96.3 Å². The number of methoxy groups -OCH3 is 2. The lowest BCUT2D eigenvalue weighted by atomic mass is 10.1. The average Bonchev–Trinajstić information content (AvgIpc) is 2.31. The van der Waals surface area contributed by atoms with Crippen molar-refractivity contribution in [3.63, 3.8) is 0 Å². The Morgan fingerprint density at radius 2 is 1.25 bits per heavy atom. The summed E-state index contributed by atoms with van der Waals surface area (Å²) in [5.74, 6) is 4.71. The third kappa shape index (κ3) is 5.40. The lowest BCUT2D eigenvalue weighted by Gasteiger charge is -2.04. The molecule has 0 saturated heterocycles. The highest BCUT2D eigenvalue weighted by molar-refractivity contribution is 5.72. The van der Waals surface area contributed by atoms with Crippen LogP contribution in [0.4, 0.5) is 0 Å². The summed E-state index contributed by atoms with van der Waals surface area (Å²) >= 11 is 0. The van der Waals surface area contributed by atoms with Crippen LogP contribution >= 0.6 is 0 Å². The van der Waals surface area contributed by atoms with Crippen LogP contribution in [0.15, 0.2) is 0 Å². The molecule has 0 aliphatic carbocycles. The highest BCUT2D eigenvalue weighted by Crippen LogP contribution is 2.04. The van der Waals surface area contributed by atoms with E-state index in [-0.39, 0.29) is 23.8 Å². The van der Waals surface area contributed by atoms with E-state index in [0.717, 1.165) is 0 Å². The molecule has 0 amide bonds. The van der Waals surface area contributed by atoms with Crippen molar-refractivity contribution in [2.24, 2.45) is 11.8 Å². The van der Waals surface area contributed by atoms with Gasteiger partial charge in [-0.05, 0) is 0 Å². The maximum Gasteiger partial charge on any atom is 0.309 e. The molecule has 16 heavy (non-hydrogen) atoms. The number of carbonyl (C=O) groups excluding carboxylic acids is 2. The molecule has 0 aromatic carbocycles. The van der Waals surface area contributed by atoms with Gasteiger partial charge in [-0.15, -0.1) is 11.8 Å². The molecule has 0 aromatic heterocycles. The van der Waals surface area contributed by atoms with Gasteiger partial charge in [-0.3, -0.25) is 9.59 Å². The molecule has 4 heteroatoms. The van der Waals surface area contributed by atoms with Crippen LogP contribution in [-0.2, 0) is 19.1 Å². The Morgan fingerprint density at radius 3 is 1.50 bits per heavy atom. The van der Waals surface area contributed by atoms with Crippen molar-refractivity contribution in [2.45, 2.75) is 26.7 Å². The number of carbonyl (C=O) groups is 2. The molecule has 0 aromatic rings. The molecule has 0 unspecified atom stereocenters. The van der Waals surface area contributed by atoms with Gasteiger partial charge >= 0.3 is 11.9 Å². The molecule has 0 heterocycles. The fourth-order valence-corrected chi connectivity index (χ4v) is 1.02. The molecule has 0 rings (SSSR count). The molecule has 0 fully saturated rings. The van der Waals surface area contributed by atoms with Crippen LogP contribution < -0.4 is 0 Å². The summed E-state index contributed by atoms with van der Waals surface area (Å²) in [7, 11) is 2.71. The minimum Gasteiger partial charge on any atom is -0.469 e. The van der Waals surface area contributed by atoms with E-state index < -0.39 is 0 Å². The Hall–Kier alpha value is -1.50. The van der Waals surface area contributed by atoms with Crippen LogP contribution in [0.2, 0.25) is 0 Å². The summed E-state index contributed by atoms with van der Waals surface area (Å²) in [6.07, 6.45) is 0.890. The van der Waals surface area contributed by atoms with Gasteiger partial charge < -0.3 is 9.47 Å². The van der Waals surface area contributed by atoms with Gasteiger partial charge in [0.05, 0.1) is 26.1 Å². The summed E-state index contributed by atoms with van der Waals surface area (Å²) in [6, 6.07) is 0. The van der Waals surface area contributed by atoms with E-state index in [0.29, 0.717) is 12.8 Å².